The molecule has 1 aliphatic carbocycles. The summed E-state index contributed by atoms with van der Waals surface area (Å²) in [5, 5.41) is 0.595. The van der Waals surface area contributed by atoms with Gasteiger partial charge in [-0.25, -0.2) is 4.79 Å². The van der Waals surface area contributed by atoms with Crippen LogP contribution in [0.1, 0.15) is 27.7 Å². The summed E-state index contributed by atoms with van der Waals surface area (Å²) in [6, 6.07) is 8.97. The second-order valence-electron chi connectivity index (χ2n) is 6.40. The van der Waals surface area contributed by atoms with Crippen LogP contribution in [0.3, 0.4) is 0 Å². The molecule has 0 spiro atoms. The van der Waals surface area contributed by atoms with E-state index >= 15 is 0 Å². The molecule has 0 aliphatic heterocycles. The van der Waals surface area contributed by atoms with Gasteiger partial charge in [0.2, 0.25) is 0 Å². The molecule has 0 N–H and O–H groups in total. The summed E-state index contributed by atoms with van der Waals surface area (Å²) in [6.45, 7) is 8.15. The van der Waals surface area contributed by atoms with Crippen LogP contribution < -0.4 is 5.30 Å². The molecular weight excluding hydrogens is 291 g/mol. The second-order valence-corrected chi connectivity index (χ2v) is 7.95. The molecule has 1 aliphatic rings. The van der Waals surface area contributed by atoms with E-state index in [4.69, 9.17) is 0 Å². The molecule has 1 aromatic carbocycles. The Morgan fingerprint density at radius 1 is 1.14 bits per heavy atom. The van der Waals surface area contributed by atoms with Crippen LogP contribution in [0.25, 0.3) is 0 Å². The van der Waals surface area contributed by atoms with Crippen molar-refractivity contribution in [1.29, 1.82) is 0 Å². The Morgan fingerprint density at radius 2 is 1.77 bits per heavy atom. The molecule has 0 radical (unpaired) electrons. The quantitative estimate of drug-likeness (QED) is 0.595. The molecule has 22 heavy (non-hydrogen) atoms. The van der Waals surface area contributed by atoms with Crippen LogP contribution in [-0.4, -0.2) is 5.52 Å². The zero-order chi connectivity index (χ0) is 16.3. The first-order chi connectivity index (χ1) is 10.3. The molecule has 0 fully saturated rings. The minimum absolute atomic E-state index is 0.113. The van der Waals surface area contributed by atoms with Crippen molar-refractivity contribution in [2.75, 3.05) is 0 Å². The van der Waals surface area contributed by atoms with Crippen LogP contribution in [-0.2, 0) is 9.36 Å². The Labute approximate surface area is 133 Å². The molecule has 0 bridgehead atoms. The highest BCUT2D eigenvalue weighted by molar-refractivity contribution is 7.70. The maximum absolute atomic E-state index is 12.7. The Hall–Kier alpha value is -1.79. The Morgan fingerprint density at radius 3 is 2.41 bits per heavy atom. The lowest BCUT2D eigenvalue weighted by Gasteiger charge is -2.20. The summed E-state index contributed by atoms with van der Waals surface area (Å²) in [5.74, 6) is -0.424. The fourth-order valence-corrected chi connectivity index (χ4v) is 3.96. The lowest BCUT2D eigenvalue weighted by atomic mass is 9.85. The Bertz CT molecular complexity index is 679. The van der Waals surface area contributed by atoms with E-state index in [9.17, 15) is 9.36 Å². The second kappa shape index (κ2) is 6.54. The summed E-state index contributed by atoms with van der Waals surface area (Å²) in [5.41, 5.74) is 1.72. The molecule has 0 amide bonds. The first kappa shape index (κ1) is 16.6. The zero-order valence-electron chi connectivity index (χ0n) is 13.5. The lowest BCUT2D eigenvalue weighted by Crippen LogP contribution is -2.16. The largest absolute Gasteiger partial charge is 0.454 e. The van der Waals surface area contributed by atoms with Crippen molar-refractivity contribution in [3.63, 3.8) is 0 Å². The maximum Gasteiger partial charge on any atom is 0.454 e. The van der Waals surface area contributed by atoms with Gasteiger partial charge in [-0.05, 0) is 26.0 Å². The third-order valence-corrected chi connectivity index (χ3v) is 5.17. The molecule has 0 saturated heterocycles. The van der Waals surface area contributed by atoms with Crippen LogP contribution in [0, 0.1) is 11.3 Å². The lowest BCUT2D eigenvalue weighted by molar-refractivity contribution is -0.113. The molecular formula is C19H22O2P+. The standard InChI is InChI=1S/C19H22O2P/c1-14-12-15(2)17(10-11-19(3,4)13-14)18(20)22(21)16-8-6-5-7-9-16/h5-13,17H,1-4H3/q+1/b11-10+,14-13?,15-12?. The zero-order valence-corrected chi connectivity index (χ0v) is 14.4. The maximum atomic E-state index is 12.7. The number of hydrogen-bond donors (Lipinski definition) is 0. The highest BCUT2D eigenvalue weighted by Crippen LogP contribution is 2.34. The van der Waals surface area contributed by atoms with Crippen molar-refractivity contribution in [3.05, 3.63) is 65.8 Å². The van der Waals surface area contributed by atoms with E-state index < -0.39 is 13.7 Å². The molecule has 0 saturated carbocycles. The summed E-state index contributed by atoms with van der Waals surface area (Å²) >= 11 is 0. The van der Waals surface area contributed by atoms with Gasteiger partial charge < -0.3 is 0 Å². The molecule has 2 nitrogen and oxygen atoms in total. The van der Waals surface area contributed by atoms with Crippen LogP contribution in [0.2, 0.25) is 0 Å². The molecule has 2 unspecified atom stereocenters. The van der Waals surface area contributed by atoms with Crippen molar-refractivity contribution < 1.29 is 9.36 Å². The number of hydrogen-bond acceptors (Lipinski definition) is 2. The number of carbonyl (C=O) groups excluding carboxylic acids is 1. The Kier molecular flexibility index (Phi) is 4.93. The summed E-state index contributed by atoms with van der Waals surface area (Å²) < 4.78 is 12.6. The van der Waals surface area contributed by atoms with Crippen molar-refractivity contribution in [3.8, 4) is 0 Å². The third-order valence-electron chi connectivity index (χ3n) is 3.72. The van der Waals surface area contributed by atoms with Crippen molar-refractivity contribution in [2.24, 2.45) is 11.3 Å². The predicted molar refractivity (Wildman–Crippen MR) is 92.6 cm³/mol. The fraction of sp³-hybridized carbons (Fsp3) is 0.316. The van der Waals surface area contributed by atoms with Gasteiger partial charge in [0.25, 0.3) is 0 Å². The van der Waals surface area contributed by atoms with E-state index in [-0.39, 0.29) is 10.9 Å². The Balaban J connectivity index is 2.36. The molecule has 114 valence electrons. The van der Waals surface area contributed by atoms with Gasteiger partial charge in [0, 0.05) is 5.41 Å². The van der Waals surface area contributed by atoms with Crippen molar-refractivity contribution in [1.82, 2.24) is 0 Å². The van der Waals surface area contributed by atoms with Crippen molar-refractivity contribution >= 4 is 18.6 Å². The third kappa shape index (κ3) is 3.90. The minimum Gasteiger partial charge on any atom is -0.239 e. The minimum atomic E-state index is -2.05. The first-order valence-electron chi connectivity index (χ1n) is 7.43. The van der Waals surface area contributed by atoms with E-state index in [1.165, 1.54) is 0 Å². The van der Waals surface area contributed by atoms with Gasteiger partial charge in [0.1, 0.15) is 5.92 Å². The molecule has 0 aromatic heterocycles. The van der Waals surface area contributed by atoms with E-state index in [1.807, 2.05) is 50.3 Å². The van der Waals surface area contributed by atoms with E-state index in [0.717, 1.165) is 11.1 Å². The van der Waals surface area contributed by atoms with Gasteiger partial charge >= 0.3 is 13.3 Å². The predicted octanol–water partition coefficient (Wildman–Crippen LogP) is 4.77. The normalized spacial score (nSPS) is 22.7. The van der Waals surface area contributed by atoms with Crippen LogP contribution in [0.5, 0.6) is 0 Å². The number of allylic oxidation sites excluding steroid dienone is 6. The van der Waals surface area contributed by atoms with Gasteiger partial charge in [0.05, 0.1) is 0 Å². The topological polar surface area (TPSA) is 34.1 Å². The molecule has 1 aromatic rings. The van der Waals surface area contributed by atoms with E-state index in [2.05, 4.69) is 19.9 Å². The molecule has 2 atom stereocenters. The van der Waals surface area contributed by atoms with Gasteiger partial charge in [-0.3, -0.25) is 0 Å². The number of benzene rings is 1. The highest BCUT2D eigenvalue weighted by atomic mass is 31.1. The summed E-state index contributed by atoms with van der Waals surface area (Å²) in [4.78, 5) is 12.7. The van der Waals surface area contributed by atoms with Crippen LogP contribution >= 0.6 is 7.80 Å². The van der Waals surface area contributed by atoms with E-state index in [1.54, 1.807) is 12.1 Å². The first-order valence-corrected chi connectivity index (χ1v) is 8.69. The number of rotatable bonds is 3. The van der Waals surface area contributed by atoms with Crippen LogP contribution in [0.15, 0.2) is 65.8 Å². The number of carbonyl (C=O) groups is 1. The average molecular weight is 313 g/mol. The fourth-order valence-electron chi connectivity index (χ4n) is 2.72. The van der Waals surface area contributed by atoms with Crippen LogP contribution in [0.4, 0.5) is 0 Å². The van der Waals surface area contributed by atoms with Gasteiger partial charge in [-0.15, -0.1) is 0 Å². The van der Waals surface area contributed by atoms with E-state index in [0.29, 0.717) is 5.30 Å². The molecule has 3 heteroatoms. The smallest absolute Gasteiger partial charge is 0.239 e. The van der Waals surface area contributed by atoms with Crippen molar-refractivity contribution in [2.45, 2.75) is 27.7 Å². The van der Waals surface area contributed by atoms with Gasteiger partial charge in [0.15, 0.2) is 5.30 Å². The summed E-state index contributed by atoms with van der Waals surface area (Å²) in [6.07, 6.45) is 8.11. The highest BCUT2D eigenvalue weighted by Gasteiger charge is 2.38. The SMILES string of the molecule is CC1=CC(C)(C)/C=C/C(C(=O)[P+](=O)c2ccccc2)C(C)=C1. The summed E-state index contributed by atoms with van der Waals surface area (Å²) in [7, 11) is -2.05. The van der Waals surface area contributed by atoms with Gasteiger partial charge in [-0.1, -0.05) is 72.1 Å². The molecule has 0 heterocycles. The molecule has 2 rings (SSSR count). The monoisotopic (exact) mass is 313 g/mol. The average Bonchev–Trinajstić information content (AvgIpc) is 2.45. The van der Waals surface area contributed by atoms with Gasteiger partial charge in [-0.2, -0.15) is 0 Å².